The molecule has 0 aliphatic carbocycles. The van der Waals surface area contributed by atoms with E-state index in [2.05, 4.69) is 12.2 Å². The van der Waals surface area contributed by atoms with E-state index in [-0.39, 0.29) is 18.6 Å². The highest BCUT2D eigenvalue weighted by Gasteiger charge is 2.17. The molecule has 1 aliphatic heterocycles. The van der Waals surface area contributed by atoms with E-state index in [0.29, 0.717) is 13.1 Å². The van der Waals surface area contributed by atoms with Gasteiger partial charge in [0.15, 0.2) is 0 Å². The van der Waals surface area contributed by atoms with Gasteiger partial charge in [-0.05, 0) is 25.8 Å². The van der Waals surface area contributed by atoms with Crippen molar-refractivity contribution in [2.24, 2.45) is 0 Å². The molecule has 0 radical (unpaired) electrons. The van der Waals surface area contributed by atoms with Crippen molar-refractivity contribution in [1.82, 2.24) is 10.2 Å². The second-order valence-electron chi connectivity index (χ2n) is 4.45. The van der Waals surface area contributed by atoms with Gasteiger partial charge in [0.1, 0.15) is 0 Å². The molecule has 1 saturated heterocycles. The number of hydrogen-bond acceptors (Lipinski definition) is 4. The summed E-state index contributed by atoms with van der Waals surface area (Å²) >= 11 is 0. The lowest BCUT2D eigenvalue weighted by molar-refractivity contribution is -0.123. The van der Waals surface area contributed by atoms with Gasteiger partial charge in [-0.3, -0.25) is 9.69 Å². The van der Waals surface area contributed by atoms with Gasteiger partial charge < -0.3 is 15.2 Å². The maximum Gasteiger partial charge on any atom is 0.234 e. The summed E-state index contributed by atoms with van der Waals surface area (Å²) < 4.78 is 5.24. The largest absolute Gasteiger partial charge is 0.395 e. The summed E-state index contributed by atoms with van der Waals surface area (Å²) in [6.45, 7) is 5.44. The van der Waals surface area contributed by atoms with Crippen LogP contribution in [0.2, 0.25) is 0 Å². The first-order valence-electron chi connectivity index (χ1n) is 6.46. The van der Waals surface area contributed by atoms with Crippen LogP contribution in [0.25, 0.3) is 0 Å². The van der Waals surface area contributed by atoms with Crippen molar-refractivity contribution in [3.05, 3.63) is 0 Å². The first kappa shape index (κ1) is 14.4. The van der Waals surface area contributed by atoms with Gasteiger partial charge in [-0.15, -0.1) is 0 Å². The van der Waals surface area contributed by atoms with Crippen LogP contribution in [0.15, 0.2) is 0 Å². The second-order valence-corrected chi connectivity index (χ2v) is 4.45. The Morgan fingerprint density at radius 3 is 2.71 bits per heavy atom. The van der Waals surface area contributed by atoms with Gasteiger partial charge in [-0.25, -0.2) is 0 Å². The number of carbonyl (C=O) groups is 1. The molecule has 17 heavy (non-hydrogen) atoms. The number of rotatable bonds is 7. The molecule has 1 amide bonds. The fourth-order valence-electron chi connectivity index (χ4n) is 2.05. The van der Waals surface area contributed by atoms with E-state index in [9.17, 15) is 4.79 Å². The van der Waals surface area contributed by atoms with Crippen LogP contribution in [-0.2, 0) is 9.53 Å². The van der Waals surface area contributed by atoms with Crippen molar-refractivity contribution in [2.75, 3.05) is 39.5 Å². The van der Waals surface area contributed by atoms with Gasteiger partial charge >= 0.3 is 0 Å². The number of amides is 1. The zero-order valence-corrected chi connectivity index (χ0v) is 10.7. The highest BCUT2D eigenvalue weighted by molar-refractivity contribution is 5.78. The first-order chi connectivity index (χ1) is 8.26. The molecule has 1 fully saturated rings. The van der Waals surface area contributed by atoms with E-state index in [1.807, 2.05) is 4.90 Å². The van der Waals surface area contributed by atoms with Crippen molar-refractivity contribution in [1.29, 1.82) is 0 Å². The van der Waals surface area contributed by atoms with E-state index in [1.54, 1.807) is 0 Å². The lowest BCUT2D eigenvalue weighted by Crippen LogP contribution is -2.45. The zero-order valence-electron chi connectivity index (χ0n) is 10.7. The normalized spacial score (nSPS) is 17.4. The molecule has 0 unspecified atom stereocenters. The van der Waals surface area contributed by atoms with E-state index >= 15 is 0 Å². The van der Waals surface area contributed by atoms with E-state index in [0.717, 1.165) is 39.0 Å². The molecule has 0 aromatic carbocycles. The second kappa shape index (κ2) is 8.44. The summed E-state index contributed by atoms with van der Waals surface area (Å²) in [7, 11) is 0. The van der Waals surface area contributed by atoms with Gasteiger partial charge in [0.2, 0.25) is 5.91 Å². The molecule has 0 atom stereocenters. The Balaban J connectivity index is 2.25. The van der Waals surface area contributed by atoms with Crippen LogP contribution in [0.5, 0.6) is 0 Å². The third-order valence-corrected chi connectivity index (χ3v) is 2.91. The van der Waals surface area contributed by atoms with Gasteiger partial charge in [-0.1, -0.05) is 6.92 Å². The van der Waals surface area contributed by atoms with Gasteiger partial charge in [0.25, 0.3) is 0 Å². The SMILES string of the molecule is CCCN(CCO)CC(=O)NC1CCOCC1. The molecule has 5 nitrogen and oxygen atoms in total. The number of nitrogens with one attached hydrogen (secondary N) is 1. The van der Waals surface area contributed by atoms with Crippen LogP contribution in [0.3, 0.4) is 0 Å². The third-order valence-electron chi connectivity index (χ3n) is 2.91. The minimum atomic E-state index is 0.0544. The van der Waals surface area contributed by atoms with Crippen molar-refractivity contribution in [2.45, 2.75) is 32.2 Å². The van der Waals surface area contributed by atoms with Crippen molar-refractivity contribution < 1.29 is 14.6 Å². The first-order valence-corrected chi connectivity index (χ1v) is 6.46. The van der Waals surface area contributed by atoms with Crippen LogP contribution in [0.1, 0.15) is 26.2 Å². The predicted molar refractivity (Wildman–Crippen MR) is 65.8 cm³/mol. The van der Waals surface area contributed by atoms with Crippen molar-refractivity contribution in [3.63, 3.8) is 0 Å². The molecule has 0 spiro atoms. The van der Waals surface area contributed by atoms with Crippen LogP contribution in [-0.4, -0.2) is 61.4 Å². The molecule has 0 saturated carbocycles. The summed E-state index contributed by atoms with van der Waals surface area (Å²) in [5.74, 6) is 0.0544. The number of ether oxygens (including phenoxy) is 1. The number of aliphatic hydroxyl groups is 1. The maximum absolute atomic E-state index is 11.8. The maximum atomic E-state index is 11.8. The fraction of sp³-hybridized carbons (Fsp3) is 0.917. The van der Waals surface area contributed by atoms with Gasteiger partial charge in [0, 0.05) is 25.8 Å². The van der Waals surface area contributed by atoms with E-state index < -0.39 is 0 Å². The highest BCUT2D eigenvalue weighted by Crippen LogP contribution is 2.05. The molecule has 100 valence electrons. The zero-order chi connectivity index (χ0) is 12.5. The summed E-state index contributed by atoms with van der Waals surface area (Å²) in [4.78, 5) is 13.8. The lowest BCUT2D eigenvalue weighted by Gasteiger charge is -2.25. The lowest BCUT2D eigenvalue weighted by atomic mass is 10.1. The summed E-state index contributed by atoms with van der Waals surface area (Å²) in [5.41, 5.74) is 0. The van der Waals surface area contributed by atoms with E-state index in [1.165, 1.54) is 0 Å². The van der Waals surface area contributed by atoms with Crippen molar-refractivity contribution in [3.8, 4) is 0 Å². The molecule has 5 heteroatoms. The average molecular weight is 244 g/mol. The minimum Gasteiger partial charge on any atom is -0.395 e. The predicted octanol–water partition coefficient (Wildman–Crippen LogP) is -0.0141. The number of carbonyl (C=O) groups excluding carboxylic acids is 1. The van der Waals surface area contributed by atoms with Crippen molar-refractivity contribution >= 4 is 5.91 Å². The molecule has 1 rings (SSSR count). The molecule has 2 N–H and O–H groups in total. The molecule has 0 aromatic rings. The van der Waals surface area contributed by atoms with Crippen LogP contribution >= 0.6 is 0 Å². The molecule has 0 aromatic heterocycles. The monoisotopic (exact) mass is 244 g/mol. The molecule has 0 bridgehead atoms. The average Bonchev–Trinajstić information content (AvgIpc) is 2.30. The minimum absolute atomic E-state index is 0.0544. The summed E-state index contributed by atoms with van der Waals surface area (Å²) in [6, 6.07) is 0.258. The molecular weight excluding hydrogens is 220 g/mol. The quantitative estimate of drug-likeness (QED) is 0.661. The number of nitrogens with zero attached hydrogens (tertiary/aromatic N) is 1. The van der Waals surface area contributed by atoms with E-state index in [4.69, 9.17) is 9.84 Å². The Bertz CT molecular complexity index is 212. The standard InChI is InChI=1S/C12H24N2O3/c1-2-5-14(6-7-15)10-12(16)13-11-3-8-17-9-4-11/h11,15H,2-10H2,1H3,(H,13,16). The Hall–Kier alpha value is -0.650. The van der Waals surface area contributed by atoms with Crippen LogP contribution in [0.4, 0.5) is 0 Å². The van der Waals surface area contributed by atoms with Gasteiger partial charge in [-0.2, -0.15) is 0 Å². The summed E-state index contributed by atoms with van der Waals surface area (Å²) in [5, 5.41) is 11.9. The number of hydrogen-bond donors (Lipinski definition) is 2. The Morgan fingerprint density at radius 1 is 1.41 bits per heavy atom. The van der Waals surface area contributed by atoms with Gasteiger partial charge in [0.05, 0.1) is 13.2 Å². The molecule has 1 heterocycles. The molecule has 1 aliphatic rings. The topological polar surface area (TPSA) is 61.8 Å². The van der Waals surface area contributed by atoms with Crippen LogP contribution < -0.4 is 5.32 Å². The number of aliphatic hydroxyl groups excluding tert-OH is 1. The molecular formula is C12H24N2O3. The third kappa shape index (κ3) is 6.00. The Kier molecular flexibility index (Phi) is 7.16. The Labute approximate surface area is 103 Å². The highest BCUT2D eigenvalue weighted by atomic mass is 16.5. The van der Waals surface area contributed by atoms with Crippen LogP contribution in [0, 0.1) is 0 Å². The Morgan fingerprint density at radius 2 is 2.12 bits per heavy atom. The summed E-state index contributed by atoms with van der Waals surface area (Å²) in [6.07, 6.45) is 2.80. The fourth-order valence-corrected chi connectivity index (χ4v) is 2.05. The smallest absolute Gasteiger partial charge is 0.234 e.